The van der Waals surface area contributed by atoms with E-state index in [1.54, 1.807) is 6.07 Å². The van der Waals surface area contributed by atoms with Crippen LogP contribution in [0.15, 0.2) is 29.4 Å². The van der Waals surface area contributed by atoms with Crippen LogP contribution in [-0.2, 0) is 4.84 Å². The molecule has 5 nitrogen and oxygen atoms in total. The molecule has 0 amide bonds. The maximum atomic E-state index is 11.4. The number of benzene rings is 1. The second-order valence-corrected chi connectivity index (χ2v) is 7.51. The van der Waals surface area contributed by atoms with E-state index in [1.807, 2.05) is 24.4 Å². The Morgan fingerprint density at radius 1 is 1.38 bits per heavy atom. The Kier molecular flexibility index (Phi) is 4.83. The molecule has 0 unspecified atom stereocenters. The van der Waals surface area contributed by atoms with Crippen molar-refractivity contribution in [2.45, 2.75) is 50.5 Å². The summed E-state index contributed by atoms with van der Waals surface area (Å²) in [7, 11) is 0. The molecular formula is C19H28N2O3. The molecule has 2 aliphatic rings. The zero-order valence-corrected chi connectivity index (χ0v) is 14.3. The minimum absolute atomic E-state index is 0.171. The fraction of sp³-hybridized carbons (Fsp3) is 0.632. The molecule has 0 aliphatic heterocycles. The largest absolute Gasteiger partial charge is 0.508 e. The van der Waals surface area contributed by atoms with Gasteiger partial charge in [0.2, 0.25) is 0 Å². The number of fused-ring (bicyclic) bond motifs is 1. The number of nitrogens with zero attached hydrogens (tertiary/aromatic N) is 1. The normalized spacial score (nSPS) is 36.0. The lowest BCUT2D eigenvalue weighted by atomic mass is 9.59. The zero-order valence-electron chi connectivity index (χ0n) is 14.3. The molecule has 4 N–H and O–H groups in total. The summed E-state index contributed by atoms with van der Waals surface area (Å²) >= 11 is 0. The molecule has 0 radical (unpaired) electrons. The number of nitrogens with two attached hydrogens (primary N) is 1. The van der Waals surface area contributed by atoms with E-state index in [1.165, 1.54) is 0 Å². The molecule has 0 spiro atoms. The molecule has 4 atom stereocenters. The van der Waals surface area contributed by atoms with E-state index in [0.29, 0.717) is 24.8 Å². The van der Waals surface area contributed by atoms with Gasteiger partial charge >= 0.3 is 0 Å². The molecule has 1 aromatic rings. The molecule has 0 bridgehead atoms. The average Bonchev–Trinajstić information content (AvgIpc) is 2.82. The van der Waals surface area contributed by atoms with Gasteiger partial charge in [0.25, 0.3) is 0 Å². The van der Waals surface area contributed by atoms with Crippen LogP contribution in [0.1, 0.15) is 50.5 Å². The van der Waals surface area contributed by atoms with Gasteiger partial charge in [-0.2, -0.15) is 0 Å². The molecule has 2 aliphatic carbocycles. The number of phenols is 1. The maximum absolute atomic E-state index is 11.4. The second-order valence-electron chi connectivity index (χ2n) is 7.51. The summed E-state index contributed by atoms with van der Waals surface area (Å²) < 4.78 is 0. The van der Waals surface area contributed by atoms with Gasteiger partial charge in [-0.15, -0.1) is 0 Å². The third-order valence-corrected chi connectivity index (χ3v) is 6.21. The molecule has 1 aromatic carbocycles. The topological polar surface area (TPSA) is 88.1 Å². The Hall–Kier alpha value is -1.59. The van der Waals surface area contributed by atoms with Gasteiger partial charge in [0.05, 0.1) is 5.60 Å². The number of aromatic hydroxyl groups is 1. The first-order chi connectivity index (χ1) is 11.5. The molecule has 0 heterocycles. The van der Waals surface area contributed by atoms with Crippen LogP contribution in [0, 0.1) is 11.3 Å². The van der Waals surface area contributed by atoms with Crippen LogP contribution in [-0.4, -0.2) is 35.2 Å². The third-order valence-electron chi connectivity index (χ3n) is 6.21. The van der Waals surface area contributed by atoms with Crippen molar-refractivity contribution in [2.24, 2.45) is 22.2 Å². The van der Waals surface area contributed by atoms with E-state index in [0.717, 1.165) is 37.7 Å². The van der Waals surface area contributed by atoms with Crippen LogP contribution in [0.4, 0.5) is 0 Å². The average molecular weight is 332 g/mol. The van der Waals surface area contributed by atoms with Crippen molar-refractivity contribution in [1.82, 2.24) is 0 Å². The highest BCUT2D eigenvalue weighted by Gasteiger charge is 2.58. The van der Waals surface area contributed by atoms with Crippen molar-refractivity contribution in [3.05, 3.63) is 29.8 Å². The molecule has 2 fully saturated rings. The van der Waals surface area contributed by atoms with Gasteiger partial charge in [-0.1, -0.05) is 24.2 Å². The Morgan fingerprint density at radius 2 is 2.21 bits per heavy atom. The summed E-state index contributed by atoms with van der Waals surface area (Å²) in [4.78, 5) is 5.14. The highest BCUT2D eigenvalue weighted by Crippen LogP contribution is 2.60. The molecule has 3 rings (SSSR count). The molecule has 132 valence electrons. The number of phenolic OH excluding ortho intramolecular Hbond substituents is 1. The summed E-state index contributed by atoms with van der Waals surface area (Å²) in [6.07, 6.45) is 6.26. The minimum atomic E-state index is -0.689. The third kappa shape index (κ3) is 3.03. The fourth-order valence-corrected chi connectivity index (χ4v) is 4.60. The lowest BCUT2D eigenvalue weighted by Crippen LogP contribution is -2.49. The number of hydrogen-bond donors (Lipinski definition) is 3. The smallest absolute Gasteiger partial charge is 0.129 e. The van der Waals surface area contributed by atoms with Crippen LogP contribution in [0.2, 0.25) is 0 Å². The first-order valence-electron chi connectivity index (χ1n) is 8.85. The quantitative estimate of drug-likeness (QED) is 0.439. The molecule has 0 aromatic heterocycles. The van der Waals surface area contributed by atoms with Crippen molar-refractivity contribution in [3.8, 4) is 5.75 Å². The van der Waals surface area contributed by atoms with E-state index < -0.39 is 5.60 Å². The van der Waals surface area contributed by atoms with Gasteiger partial charge in [0.15, 0.2) is 0 Å². The van der Waals surface area contributed by atoms with E-state index >= 15 is 0 Å². The first-order valence-corrected chi connectivity index (χ1v) is 8.85. The van der Waals surface area contributed by atoms with Gasteiger partial charge in [0, 0.05) is 24.1 Å². The van der Waals surface area contributed by atoms with Crippen molar-refractivity contribution in [3.63, 3.8) is 0 Å². The Labute approximate surface area is 143 Å². The fourth-order valence-electron chi connectivity index (χ4n) is 4.60. The monoisotopic (exact) mass is 332 g/mol. The SMILES string of the molecule is C[C@]12CC[C@H](c3cccc(O)c3)C[C@@]1(O)CC[C@@H]2/C=N/OCCN. The highest BCUT2D eigenvalue weighted by atomic mass is 16.6. The van der Waals surface area contributed by atoms with Crippen molar-refractivity contribution in [2.75, 3.05) is 13.2 Å². The summed E-state index contributed by atoms with van der Waals surface area (Å²) in [5, 5.41) is 25.1. The Balaban J connectivity index is 1.73. The summed E-state index contributed by atoms with van der Waals surface area (Å²) in [5.74, 6) is 0.811. The van der Waals surface area contributed by atoms with Crippen molar-refractivity contribution >= 4 is 6.21 Å². The summed E-state index contributed by atoms with van der Waals surface area (Å²) in [5.41, 5.74) is 5.66. The molecular weight excluding hydrogens is 304 g/mol. The molecule has 24 heavy (non-hydrogen) atoms. The molecule has 0 saturated heterocycles. The minimum Gasteiger partial charge on any atom is -0.508 e. The molecule has 2 saturated carbocycles. The van der Waals surface area contributed by atoms with Crippen LogP contribution in [0.3, 0.4) is 0 Å². The number of oxime groups is 1. The predicted octanol–water partition coefficient (Wildman–Crippen LogP) is 2.77. The number of aliphatic hydroxyl groups is 1. The van der Waals surface area contributed by atoms with Crippen LogP contribution in [0.25, 0.3) is 0 Å². The van der Waals surface area contributed by atoms with Gasteiger partial charge < -0.3 is 20.8 Å². The maximum Gasteiger partial charge on any atom is 0.129 e. The van der Waals surface area contributed by atoms with Crippen LogP contribution < -0.4 is 5.73 Å². The lowest BCUT2D eigenvalue weighted by Gasteiger charge is -2.48. The van der Waals surface area contributed by atoms with Gasteiger partial charge in [-0.05, 0) is 55.7 Å². The van der Waals surface area contributed by atoms with Crippen LogP contribution in [0.5, 0.6) is 5.75 Å². The number of rotatable bonds is 5. The Bertz CT molecular complexity index is 606. The Morgan fingerprint density at radius 3 is 2.96 bits per heavy atom. The van der Waals surface area contributed by atoms with Crippen LogP contribution >= 0.6 is 0 Å². The number of hydrogen-bond acceptors (Lipinski definition) is 5. The molecule has 5 heteroatoms. The van der Waals surface area contributed by atoms with Gasteiger partial charge in [0.1, 0.15) is 12.4 Å². The lowest BCUT2D eigenvalue weighted by molar-refractivity contribution is -0.0959. The van der Waals surface area contributed by atoms with Crippen molar-refractivity contribution in [1.29, 1.82) is 0 Å². The van der Waals surface area contributed by atoms with E-state index in [9.17, 15) is 10.2 Å². The standard InChI is InChI=1S/C19H28N2O3/c1-18-7-5-15(14-3-2-4-17(22)11-14)12-19(18,23)8-6-16(18)13-21-24-10-9-20/h2-4,11,13,15-16,22-23H,5-10,12,20H2,1H3/b21-13+/t15-,16+,18+,19-/m0/s1. The predicted molar refractivity (Wildman–Crippen MR) is 94.0 cm³/mol. The van der Waals surface area contributed by atoms with Gasteiger partial charge in [-0.25, -0.2) is 0 Å². The summed E-state index contributed by atoms with van der Waals surface area (Å²) in [6.45, 7) is 3.05. The van der Waals surface area contributed by atoms with Crippen molar-refractivity contribution < 1.29 is 15.1 Å². The highest BCUT2D eigenvalue weighted by molar-refractivity contribution is 5.62. The first kappa shape index (κ1) is 17.2. The van der Waals surface area contributed by atoms with Gasteiger partial charge in [-0.3, -0.25) is 0 Å². The van der Waals surface area contributed by atoms with E-state index in [4.69, 9.17) is 10.6 Å². The second kappa shape index (κ2) is 6.73. The zero-order chi connectivity index (χ0) is 17.2. The summed E-state index contributed by atoms with van der Waals surface area (Å²) in [6, 6.07) is 7.44. The van der Waals surface area contributed by atoms with E-state index in [2.05, 4.69) is 12.1 Å². The van der Waals surface area contributed by atoms with E-state index in [-0.39, 0.29) is 11.3 Å².